The number of aliphatic hydroxyl groups excluding tert-OH is 1. The molecule has 5 nitrogen and oxygen atoms in total. The second kappa shape index (κ2) is 6.61. The molecule has 0 spiro atoms. The van der Waals surface area contributed by atoms with E-state index < -0.39 is 0 Å². The number of nitrogens with one attached hydrogen (secondary N) is 1. The van der Waals surface area contributed by atoms with E-state index in [1.807, 2.05) is 17.5 Å². The maximum atomic E-state index is 12.7. The number of thiophene rings is 1. The summed E-state index contributed by atoms with van der Waals surface area (Å²) in [6.07, 6.45) is 4.40. The van der Waals surface area contributed by atoms with Crippen LogP contribution in [0.15, 0.2) is 17.5 Å². The van der Waals surface area contributed by atoms with Crippen LogP contribution < -0.4 is 5.32 Å². The summed E-state index contributed by atoms with van der Waals surface area (Å²) in [5, 5.41) is 14.7. The van der Waals surface area contributed by atoms with Gasteiger partial charge in [0.1, 0.15) is 0 Å². The summed E-state index contributed by atoms with van der Waals surface area (Å²) in [5.41, 5.74) is -0.164. The van der Waals surface area contributed by atoms with Gasteiger partial charge in [0, 0.05) is 30.3 Å². The first-order valence-corrected chi connectivity index (χ1v) is 9.12. The van der Waals surface area contributed by atoms with Gasteiger partial charge < -0.3 is 15.3 Å². The molecule has 2 atom stereocenters. The second-order valence-electron chi connectivity index (χ2n) is 6.86. The molecule has 1 aliphatic heterocycles. The molecule has 2 aliphatic rings. The van der Waals surface area contributed by atoms with Crippen molar-refractivity contribution >= 4 is 23.2 Å². The monoisotopic (exact) mass is 336 g/mol. The molecule has 1 aromatic rings. The summed E-state index contributed by atoms with van der Waals surface area (Å²) in [6.45, 7) is 0.624. The van der Waals surface area contributed by atoms with Crippen molar-refractivity contribution in [3.63, 3.8) is 0 Å². The highest BCUT2D eigenvalue weighted by Gasteiger charge is 2.44. The van der Waals surface area contributed by atoms with Gasteiger partial charge in [-0.15, -0.1) is 11.3 Å². The fraction of sp³-hybridized carbons (Fsp3) is 0.647. The number of carbonyl (C=O) groups is 2. The van der Waals surface area contributed by atoms with E-state index in [4.69, 9.17) is 0 Å². The van der Waals surface area contributed by atoms with Gasteiger partial charge in [0.15, 0.2) is 0 Å². The van der Waals surface area contributed by atoms with Gasteiger partial charge in [-0.2, -0.15) is 0 Å². The Hall–Kier alpha value is -1.40. The number of carbonyl (C=O) groups excluding carboxylic acids is 2. The van der Waals surface area contributed by atoms with Crippen LogP contribution >= 0.6 is 11.3 Å². The van der Waals surface area contributed by atoms with Crippen molar-refractivity contribution in [2.45, 2.75) is 38.1 Å². The first-order chi connectivity index (χ1) is 11.1. The zero-order chi connectivity index (χ0) is 16.4. The molecule has 6 heteroatoms. The lowest BCUT2D eigenvalue weighted by molar-refractivity contribution is -0.128. The zero-order valence-electron chi connectivity index (χ0n) is 13.5. The van der Waals surface area contributed by atoms with Crippen LogP contribution in [-0.2, 0) is 9.59 Å². The summed E-state index contributed by atoms with van der Waals surface area (Å²) < 4.78 is 0. The highest BCUT2D eigenvalue weighted by Crippen LogP contribution is 2.40. The molecular formula is C17H24N2O3S. The van der Waals surface area contributed by atoms with Gasteiger partial charge in [0.25, 0.3) is 0 Å². The van der Waals surface area contributed by atoms with Crippen LogP contribution in [0.1, 0.15) is 43.0 Å². The van der Waals surface area contributed by atoms with Crippen molar-refractivity contribution in [2.75, 3.05) is 20.2 Å². The third-order valence-electron chi connectivity index (χ3n) is 5.40. The van der Waals surface area contributed by atoms with Crippen molar-refractivity contribution in [3.8, 4) is 0 Å². The van der Waals surface area contributed by atoms with Crippen molar-refractivity contribution < 1.29 is 14.7 Å². The lowest BCUT2D eigenvalue weighted by Crippen LogP contribution is -2.42. The Labute approximate surface area is 140 Å². The number of rotatable bonds is 5. The molecular weight excluding hydrogens is 312 g/mol. The van der Waals surface area contributed by atoms with E-state index in [0.29, 0.717) is 6.54 Å². The fourth-order valence-corrected chi connectivity index (χ4v) is 4.81. The Morgan fingerprint density at radius 1 is 1.48 bits per heavy atom. The average molecular weight is 336 g/mol. The highest BCUT2D eigenvalue weighted by atomic mass is 32.1. The van der Waals surface area contributed by atoms with Gasteiger partial charge >= 0.3 is 0 Å². The maximum absolute atomic E-state index is 12.7. The van der Waals surface area contributed by atoms with Crippen molar-refractivity contribution in [1.82, 2.24) is 10.2 Å². The highest BCUT2D eigenvalue weighted by molar-refractivity contribution is 7.10. The Bertz CT molecular complexity index is 566. The Morgan fingerprint density at radius 2 is 2.22 bits per heavy atom. The Kier molecular flexibility index (Phi) is 4.73. The van der Waals surface area contributed by atoms with E-state index in [1.54, 1.807) is 23.3 Å². The average Bonchev–Trinajstić information content (AvgIpc) is 3.27. The van der Waals surface area contributed by atoms with Crippen molar-refractivity contribution in [3.05, 3.63) is 22.4 Å². The summed E-state index contributed by atoms with van der Waals surface area (Å²) in [4.78, 5) is 27.5. The third kappa shape index (κ3) is 3.15. The van der Waals surface area contributed by atoms with E-state index in [9.17, 15) is 14.7 Å². The fourth-order valence-electron chi connectivity index (χ4n) is 3.88. The molecule has 2 N–H and O–H groups in total. The second-order valence-corrected chi connectivity index (χ2v) is 7.84. The van der Waals surface area contributed by atoms with Crippen LogP contribution in [0.25, 0.3) is 0 Å². The van der Waals surface area contributed by atoms with Crippen LogP contribution in [0.2, 0.25) is 0 Å². The van der Waals surface area contributed by atoms with E-state index in [1.165, 1.54) is 0 Å². The third-order valence-corrected chi connectivity index (χ3v) is 6.34. The molecule has 2 fully saturated rings. The van der Waals surface area contributed by atoms with E-state index in [0.717, 1.165) is 30.6 Å². The summed E-state index contributed by atoms with van der Waals surface area (Å²) in [6, 6.07) is 3.76. The number of likely N-dealkylation sites (tertiary alicyclic amines) is 1. The number of amides is 2. The first-order valence-electron chi connectivity index (χ1n) is 8.24. The van der Waals surface area contributed by atoms with Crippen molar-refractivity contribution in [1.29, 1.82) is 0 Å². The molecule has 1 saturated carbocycles. The van der Waals surface area contributed by atoms with Crippen molar-refractivity contribution in [2.24, 2.45) is 11.3 Å². The summed E-state index contributed by atoms with van der Waals surface area (Å²) in [7, 11) is 1.77. The van der Waals surface area contributed by atoms with Gasteiger partial charge in [-0.25, -0.2) is 0 Å². The summed E-state index contributed by atoms with van der Waals surface area (Å²) >= 11 is 1.58. The molecule has 2 amide bonds. The zero-order valence-corrected chi connectivity index (χ0v) is 14.3. The molecule has 1 aromatic heterocycles. The molecule has 23 heavy (non-hydrogen) atoms. The van der Waals surface area contributed by atoms with Gasteiger partial charge in [0.2, 0.25) is 11.8 Å². The van der Waals surface area contributed by atoms with E-state index in [-0.39, 0.29) is 42.2 Å². The largest absolute Gasteiger partial charge is 0.396 e. The van der Waals surface area contributed by atoms with Gasteiger partial charge in [-0.3, -0.25) is 9.59 Å². The predicted molar refractivity (Wildman–Crippen MR) is 88.9 cm³/mol. The SMILES string of the molecule is CN1C(=O)CC(C(=O)NCC2(CO)CCCC2)C1c1cccs1. The molecule has 2 unspecified atom stereocenters. The molecule has 2 heterocycles. The molecule has 0 radical (unpaired) electrons. The lowest BCUT2D eigenvalue weighted by atomic mass is 9.87. The number of aliphatic hydroxyl groups is 1. The predicted octanol–water partition coefficient (Wildman–Crippen LogP) is 1.94. The molecule has 1 saturated heterocycles. The van der Waals surface area contributed by atoms with Crippen LogP contribution in [0, 0.1) is 11.3 Å². The molecule has 126 valence electrons. The molecule has 1 aliphatic carbocycles. The van der Waals surface area contributed by atoms with Gasteiger partial charge in [-0.05, 0) is 24.3 Å². The first kappa shape index (κ1) is 16.5. The van der Waals surface area contributed by atoms with Crippen LogP contribution in [-0.4, -0.2) is 42.0 Å². The molecule has 3 rings (SSSR count). The smallest absolute Gasteiger partial charge is 0.226 e. The molecule has 0 aromatic carbocycles. The van der Waals surface area contributed by atoms with E-state index in [2.05, 4.69) is 5.32 Å². The van der Waals surface area contributed by atoms with Crippen LogP contribution in [0.4, 0.5) is 0 Å². The molecule has 0 bridgehead atoms. The lowest BCUT2D eigenvalue weighted by Gasteiger charge is -2.28. The van der Waals surface area contributed by atoms with E-state index >= 15 is 0 Å². The minimum atomic E-state index is -0.344. The van der Waals surface area contributed by atoms with Gasteiger partial charge in [-0.1, -0.05) is 18.9 Å². The van der Waals surface area contributed by atoms with Crippen LogP contribution in [0.3, 0.4) is 0 Å². The van der Waals surface area contributed by atoms with Crippen LogP contribution in [0.5, 0.6) is 0 Å². The minimum Gasteiger partial charge on any atom is -0.396 e. The number of nitrogens with zero attached hydrogens (tertiary/aromatic N) is 1. The Morgan fingerprint density at radius 3 is 2.83 bits per heavy atom. The maximum Gasteiger partial charge on any atom is 0.226 e. The number of hydrogen-bond acceptors (Lipinski definition) is 4. The van der Waals surface area contributed by atoms with Gasteiger partial charge in [0.05, 0.1) is 18.6 Å². The Balaban J connectivity index is 1.69. The standard InChI is InChI=1S/C17H24N2O3S/c1-19-14(21)9-12(15(19)13-5-4-8-23-13)16(22)18-10-17(11-20)6-2-3-7-17/h4-5,8,12,15,20H,2-3,6-7,9-11H2,1H3,(H,18,22). The topological polar surface area (TPSA) is 69.6 Å². The minimum absolute atomic E-state index is 0.0151. The quantitative estimate of drug-likeness (QED) is 0.863. The summed E-state index contributed by atoms with van der Waals surface area (Å²) in [5.74, 6) is -0.398. The normalized spacial score (nSPS) is 26.7. The number of hydrogen-bond donors (Lipinski definition) is 2.